The lowest BCUT2D eigenvalue weighted by atomic mass is 9.98. The SMILES string of the molecule is COc1ccc(-c2noc(C3CCNCC3)n2)cc1O. The van der Waals surface area contributed by atoms with Gasteiger partial charge in [-0.25, -0.2) is 0 Å². The van der Waals surface area contributed by atoms with Crippen LogP contribution in [0.15, 0.2) is 22.7 Å². The van der Waals surface area contributed by atoms with Crippen LogP contribution in [0, 0.1) is 0 Å². The van der Waals surface area contributed by atoms with Gasteiger partial charge in [0.1, 0.15) is 0 Å². The normalized spacial score (nSPS) is 16.2. The number of aromatic hydroxyl groups is 1. The summed E-state index contributed by atoms with van der Waals surface area (Å²) in [4.78, 5) is 4.44. The maximum Gasteiger partial charge on any atom is 0.230 e. The molecule has 0 saturated carbocycles. The predicted molar refractivity (Wildman–Crippen MR) is 72.8 cm³/mol. The van der Waals surface area contributed by atoms with E-state index in [1.807, 2.05) is 0 Å². The van der Waals surface area contributed by atoms with Crippen LogP contribution in [0.4, 0.5) is 0 Å². The monoisotopic (exact) mass is 275 g/mol. The van der Waals surface area contributed by atoms with Crippen LogP contribution in [0.25, 0.3) is 11.4 Å². The first kappa shape index (κ1) is 12.9. The summed E-state index contributed by atoms with van der Waals surface area (Å²) in [6.45, 7) is 1.96. The summed E-state index contributed by atoms with van der Waals surface area (Å²) in [6.07, 6.45) is 2.02. The molecule has 0 spiro atoms. The van der Waals surface area contributed by atoms with E-state index < -0.39 is 0 Å². The first-order valence-electron chi connectivity index (χ1n) is 6.69. The number of nitrogens with one attached hydrogen (secondary N) is 1. The maximum absolute atomic E-state index is 9.79. The first-order valence-corrected chi connectivity index (χ1v) is 6.69. The molecule has 3 rings (SSSR count). The lowest BCUT2D eigenvalue weighted by Crippen LogP contribution is -2.26. The van der Waals surface area contributed by atoms with Gasteiger partial charge in [-0.15, -0.1) is 0 Å². The summed E-state index contributed by atoms with van der Waals surface area (Å²) in [5, 5.41) is 17.1. The van der Waals surface area contributed by atoms with Crippen molar-refractivity contribution < 1.29 is 14.4 Å². The molecule has 1 aliphatic rings. The predicted octanol–water partition coefficient (Wildman–Crippen LogP) is 1.92. The summed E-state index contributed by atoms with van der Waals surface area (Å²) < 4.78 is 10.4. The van der Waals surface area contributed by atoms with E-state index in [4.69, 9.17) is 9.26 Å². The maximum atomic E-state index is 9.79. The van der Waals surface area contributed by atoms with Gasteiger partial charge in [0.2, 0.25) is 11.7 Å². The minimum atomic E-state index is 0.0678. The highest BCUT2D eigenvalue weighted by atomic mass is 16.5. The largest absolute Gasteiger partial charge is 0.504 e. The number of phenolic OH excluding ortho intramolecular Hbond substituents is 1. The number of nitrogens with zero attached hydrogens (tertiary/aromatic N) is 2. The van der Waals surface area contributed by atoms with Crippen LogP contribution in [-0.4, -0.2) is 35.4 Å². The lowest BCUT2D eigenvalue weighted by molar-refractivity contribution is 0.320. The van der Waals surface area contributed by atoms with Crippen LogP contribution in [-0.2, 0) is 0 Å². The van der Waals surface area contributed by atoms with Crippen molar-refractivity contribution in [2.24, 2.45) is 0 Å². The van der Waals surface area contributed by atoms with E-state index in [0.29, 0.717) is 28.9 Å². The molecule has 0 bridgehead atoms. The van der Waals surface area contributed by atoms with Crippen molar-refractivity contribution >= 4 is 0 Å². The third-order valence-corrected chi connectivity index (χ3v) is 3.57. The fourth-order valence-electron chi connectivity index (χ4n) is 2.42. The molecule has 0 aliphatic carbocycles. The summed E-state index contributed by atoms with van der Waals surface area (Å²) in [6, 6.07) is 5.07. The van der Waals surface area contributed by atoms with Crippen molar-refractivity contribution in [3.05, 3.63) is 24.1 Å². The molecule has 20 heavy (non-hydrogen) atoms. The zero-order valence-electron chi connectivity index (χ0n) is 11.3. The number of rotatable bonds is 3. The van der Waals surface area contributed by atoms with Crippen LogP contribution in [0.2, 0.25) is 0 Å². The fraction of sp³-hybridized carbons (Fsp3) is 0.429. The number of piperidine rings is 1. The highest BCUT2D eigenvalue weighted by Crippen LogP contribution is 2.31. The molecular weight excluding hydrogens is 258 g/mol. The van der Waals surface area contributed by atoms with Crippen LogP contribution in [0.5, 0.6) is 11.5 Å². The molecule has 0 unspecified atom stereocenters. The molecule has 2 heterocycles. The second-order valence-corrected chi connectivity index (χ2v) is 4.87. The van der Waals surface area contributed by atoms with Gasteiger partial charge in [0.15, 0.2) is 11.5 Å². The van der Waals surface area contributed by atoms with Crippen molar-refractivity contribution in [3.8, 4) is 22.9 Å². The average molecular weight is 275 g/mol. The van der Waals surface area contributed by atoms with Gasteiger partial charge in [0, 0.05) is 11.5 Å². The number of methoxy groups -OCH3 is 1. The van der Waals surface area contributed by atoms with Crippen LogP contribution < -0.4 is 10.1 Å². The van der Waals surface area contributed by atoms with E-state index in [-0.39, 0.29) is 5.75 Å². The molecule has 0 amide bonds. The summed E-state index contributed by atoms with van der Waals surface area (Å²) >= 11 is 0. The van der Waals surface area contributed by atoms with E-state index in [9.17, 15) is 5.11 Å². The summed E-state index contributed by atoms with van der Waals surface area (Å²) in [5.74, 6) is 1.99. The molecule has 1 saturated heterocycles. The Balaban J connectivity index is 1.84. The highest BCUT2D eigenvalue weighted by molar-refractivity contribution is 5.60. The minimum absolute atomic E-state index is 0.0678. The molecule has 1 fully saturated rings. The highest BCUT2D eigenvalue weighted by Gasteiger charge is 2.22. The number of hydrogen-bond donors (Lipinski definition) is 2. The van der Waals surface area contributed by atoms with Crippen LogP contribution in [0.1, 0.15) is 24.7 Å². The zero-order valence-corrected chi connectivity index (χ0v) is 11.3. The summed E-state index contributed by atoms with van der Waals surface area (Å²) in [7, 11) is 1.51. The number of phenols is 1. The minimum Gasteiger partial charge on any atom is -0.504 e. The van der Waals surface area contributed by atoms with Crippen molar-refractivity contribution in [2.45, 2.75) is 18.8 Å². The Kier molecular flexibility index (Phi) is 3.56. The molecule has 0 radical (unpaired) electrons. The molecule has 6 heteroatoms. The molecule has 2 N–H and O–H groups in total. The quantitative estimate of drug-likeness (QED) is 0.890. The Morgan fingerprint density at radius 3 is 2.85 bits per heavy atom. The van der Waals surface area contributed by atoms with E-state index in [2.05, 4.69) is 15.5 Å². The van der Waals surface area contributed by atoms with Gasteiger partial charge >= 0.3 is 0 Å². The smallest absolute Gasteiger partial charge is 0.230 e. The van der Waals surface area contributed by atoms with Gasteiger partial charge < -0.3 is 19.7 Å². The third kappa shape index (κ3) is 2.46. The molecule has 1 aliphatic heterocycles. The van der Waals surface area contributed by atoms with Gasteiger partial charge in [-0.3, -0.25) is 0 Å². The fourth-order valence-corrected chi connectivity index (χ4v) is 2.42. The van der Waals surface area contributed by atoms with Crippen LogP contribution in [0.3, 0.4) is 0 Å². The van der Waals surface area contributed by atoms with Gasteiger partial charge in [0.25, 0.3) is 0 Å². The van der Waals surface area contributed by atoms with Gasteiger partial charge in [-0.1, -0.05) is 5.16 Å². The van der Waals surface area contributed by atoms with Crippen molar-refractivity contribution in [3.63, 3.8) is 0 Å². The molecule has 2 aromatic rings. The van der Waals surface area contributed by atoms with Crippen molar-refractivity contribution in [2.75, 3.05) is 20.2 Å². The van der Waals surface area contributed by atoms with Crippen LogP contribution >= 0.6 is 0 Å². The Bertz CT molecular complexity index is 591. The van der Waals surface area contributed by atoms with Crippen molar-refractivity contribution in [1.29, 1.82) is 0 Å². The number of ether oxygens (including phenoxy) is 1. The summed E-state index contributed by atoms with van der Waals surface area (Å²) in [5.41, 5.74) is 0.715. The topological polar surface area (TPSA) is 80.4 Å². The molecule has 0 atom stereocenters. The van der Waals surface area contributed by atoms with E-state index >= 15 is 0 Å². The lowest BCUT2D eigenvalue weighted by Gasteiger charge is -2.18. The molecule has 106 valence electrons. The standard InChI is InChI=1S/C14H17N3O3/c1-19-12-3-2-10(8-11(12)18)13-16-14(20-17-13)9-4-6-15-7-5-9/h2-3,8-9,15,18H,4-7H2,1H3. The second-order valence-electron chi connectivity index (χ2n) is 4.87. The van der Waals surface area contributed by atoms with E-state index in [0.717, 1.165) is 25.9 Å². The molecular formula is C14H17N3O3. The van der Waals surface area contributed by atoms with Crippen molar-refractivity contribution in [1.82, 2.24) is 15.5 Å². The van der Waals surface area contributed by atoms with Gasteiger partial charge in [-0.2, -0.15) is 4.98 Å². The zero-order chi connectivity index (χ0) is 13.9. The molecule has 1 aromatic carbocycles. The number of hydrogen-bond acceptors (Lipinski definition) is 6. The average Bonchev–Trinajstić information content (AvgIpc) is 2.98. The van der Waals surface area contributed by atoms with E-state index in [1.54, 1.807) is 18.2 Å². The third-order valence-electron chi connectivity index (χ3n) is 3.57. The Labute approximate surface area is 116 Å². The molecule has 1 aromatic heterocycles. The Morgan fingerprint density at radius 2 is 2.15 bits per heavy atom. The number of aromatic nitrogens is 2. The second kappa shape index (κ2) is 5.50. The van der Waals surface area contributed by atoms with E-state index in [1.165, 1.54) is 7.11 Å². The molecule has 6 nitrogen and oxygen atoms in total. The Morgan fingerprint density at radius 1 is 1.35 bits per heavy atom. The van der Waals surface area contributed by atoms with Gasteiger partial charge in [-0.05, 0) is 44.1 Å². The van der Waals surface area contributed by atoms with Gasteiger partial charge in [0.05, 0.1) is 7.11 Å². The number of benzene rings is 1. The first-order chi connectivity index (χ1) is 9.78. The Hall–Kier alpha value is -2.08.